The van der Waals surface area contributed by atoms with Crippen LogP contribution in [0.5, 0.6) is 0 Å². The molecule has 21 heavy (non-hydrogen) atoms. The fraction of sp³-hybridized carbons (Fsp3) is 0.471. The molecule has 2 aliphatic rings. The summed E-state index contributed by atoms with van der Waals surface area (Å²) in [4.78, 5) is 2.60. The zero-order valence-corrected chi connectivity index (χ0v) is 12.5. The second kappa shape index (κ2) is 5.19. The normalized spacial score (nSPS) is 21.5. The van der Waals surface area contributed by atoms with E-state index < -0.39 is 0 Å². The van der Waals surface area contributed by atoms with Gasteiger partial charge in [0.15, 0.2) is 0 Å². The van der Waals surface area contributed by atoms with Crippen LogP contribution in [0, 0.1) is 0 Å². The standard InChI is InChI=1S/C17H22N4/c1-20-11-15(10-19-20)16-6-3-9-21(16)12-14-5-2-4-13-7-8-18-17(13)14/h2,4-5,10-11,16,18H,3,6-9,12H2,1H3. The third kappa shape index (κ3) is 2.33. The lowest BCUT2D eigenvalue weighted by Gasteiger charge is -2.24. The van der Waals surface area contributed by atoms with Gasteiger partial charge in [0.1, 0.15) is 0 Å². The zero-order valence-electron chi connectivity index (χ0n) is 12.5. The summed E-state index contributed by atoms with van der Waals surface area (Å²) in [6.07, 6.45) is 7.87. The molecule has 2 aliphatic heterocycles. The molecular formula is C17H22N4. The summed E-state index contributed by atoms with van der Waals surface area (Å²) in [5.41, 5.74) is 5.66. The Hall–Kier alpha value is -1.81. The second-order valence-electron chi connectivity index (χ2n) is 6.20. The Kier molecular flexibility index (Phi) is 3.19. The van der Waals surface area contributed by atoms with Crippen molar-refractivity contribution >= 4 is 5.69 Å². The average molecular weight is 282 g/mol. The Balaban J connectivity index is 1.58. The van der Waals surface area contributed by atoms with Crippen LogP contribution < -0.4 is 5.32 Å². The van der Waals surface area contributed by atoms with Gasteiger partial charge in [0.2, 0.25) is 0 Å². The van der Waals surface area contributed by atoms with Gasteiger partial charge in [0, 0.05) is 43.6 Å². The number of nitrogens with one attached hydrogen (secondary N) is 1. The molecule has 4 rings (SSSR count). The summed E-state index contributed by atoms with van der Waals surface area (Å²) in [5.74, 6) is 0. The number of likely N-dealkylation sites (tertiary alicyclic amines) is 1. The molecule has 1 saturated heterocycles. The number of hydrogen-bond donors (Lipinski definition) is 1. The van der Waals surface area contributed by atoms with Crippen LogP contribution in [0.4, 0.5) is 5.69 Å². The lowest BCUT2D eigenvalue weighted by molar-refractivity contribution is 0.249. The van der Waals surface area contributed by atoms with Gasteiger partial charge in [-0.05, 0) is 36.9 Å². The maximum absolute atomic E-state index is 4.34. The number of hydrogen-bond acceptors (Lipinski definition) is 3. The predicted molar refractivity (Wildman–Crippen MR) is 84.2 cm³/mol. The van der Waals surface area contributed by atoms with Crippen LogP contribution in [-0.2, 0) is 20.0 Å². The highest BCUT2D eigenvalue weighted by Gasteiger charge is 2.28. The third-order valence-electron chi connectivity index (χ3n) is 4.78. The Morgan fingerprint density at radius 2 is 2.33 bits per heavy atom. The molecule has 1 N–H and O–H groups in total. The van der Waals surface area contributed by atoms with Crippen molar-refractivity contribution in [2.45, 2.75) is 31.8 Å². The average Bonchev–Trinajstić information content (AvgIpc) is 3.18. The molecule has 1 atom stereocenters. The molecule has 0 aliphatic carbocycles. The fourth-order valence-corrected chi connectivity index (χ4v) is 3.77. The van der Waals surface area contributed by atoms with E-state index in [4.69, 9.17) is 0 Å². The molecule has 4 nitrogen and oxygen atoms in total. The van der Waals surface area contributed by atoms with Gasteiger partial charge in [-0.2, -0.15) is 5.10 Å². The molecule has 3 heterocycles. The minimum absolute atomic E-state index is 0.524. The van der Waals surface area contributed by atoms with Crippen molar-refractivity contribution in [3.63, 3.8) is 0 Å². The zero-order chi connectivity index (χ0) is 14.2. The molecule has 1 aromatic carbocycles. The van der Waals surface area contributed by atoms with Gasteiger partial charge in [0.05, 0.1) is 6.20 Å². The molecule has 4 heteroatoms. The molecule has 1 unspecified atom stereocenters. The summed E-state index contributed by atoms with van der Waals surface area (Å²) in [5, 5.41) is 7.90. The largest absolute Gasteiger partial charge is 0.384 e. The number of para-hydroxylation sites is 1. The Morgan fingerprint density at radius 3 is 3.19 bits per heavy atom. The second-order valence-corrected chi connectivity index (χ2v) is 6.20. The maximum Gasteiger partial charge on any atom is 0.0537 e. The first-order valence-corrected chi connectivity index (χ1v) is 7.88. The van der Waals surface area contributed by atoms with Gasteiger partial charge in [-0.3, -0.25) is 9.58 Å². The number of aryl methyl sites for hydroxylation is 1. The molecule has 0 saturated carbocycles. The first kappa shape index (κ1) is 12.9. The maximum atomic E-state index is 4.34. The van der Waals surface area contributed by atoms with Crippen LogP contribution in [0.25, 0.3) is 0 Å². The minimum atomic E-state index is 0.524. The highest BCUT2D eigenvalue weighted by molar-refractivity contribution is 5.61. The van der Waals surface area contributed by atoms with E-state index >= 15 is 0 Å². The first-order valence-electron chi connectivity index (χ1n) is 7.88. The van der Waals surface area contributed by atoms with E-state index in [1.54, 1.807) is 0 Å². The van der Waals surface area contributed by atoms with Gasteiger partial charge in [-0.15, -0.1) is 0 Å². The molecular weight excluding hydrogens is 260 g/mol. The third-order valence-corrected chi connectivity index (χ3v) is 4.78. The van der Waals surface area contributed by atoms with Gasteiger partial charge >= 0.3 is 0 Å². The highest BCUT2D eigenvalue weighted by Crippen LogP contribution is 2.35. The van der Waals surface area contributed by atoms with Crippen molar-refractivity contribution in [2.75, 3.05) is 18.4 Å². The highest BCUT2D eigenvalue weighted by atomic mass is 15.3. The van der Waals surface area contributed by atoms with Crippen LogP contribution >= 0.6 is 0 Å². The van der Waals surface area contributed by atoms with Crippen molar-refractivity contribution in [3.05, 3.63) is 47.3 Å². The van der Waals surface area contributed by atoms with E-state index in [1.165, 1.54) is 41.8 Å². The summed E-state index contributed by atoms with van der Waals surface area (Å²) in [7, 11) is 2.00. The molecule has 0 radical (unpaired) electrons. The van der Waals surface area contributed by atoms with Crippen LogP contribution in [-0.4, -0.2) is 27.8 Å². The summed E-state index contributed by atoms with van der Waals surface area (Å²) < 4.78 is 1.91. The number of benzene rings is 1. The number of nitrogens with zero attached hydrogens (tertiary/aromatic N) is 3. The van der Waals surface area contributed by atoms with Gasteiger partial charge < -0.3 is 5.32 Å². The molecule has 0 spiro atoms. The van der Waals surface area contributed by atoms with Gasteiger partial charge in [-0.25, -0.2) is 0 Å². The van der Waals surface area contributed by atoms with E-state index in [-0.39, 0.29) is 0 Å². The van der Waals surface area contributed by atoms with E-state index in [2.05, 4.69) is 39.7 Å². The van der Waals surface area contributed by atoms with E-state index in [0.717, 1.165) is 19.5 Å². The quantitative estimate of drug-likeness (QED) is 0.939. The predicted octanol–water partition coefficient (Wildman–Crippen LogP) is 2.73. The monoisotopic (exact) mass is 282 g/mol. The number of anilines is 1. The number of aromatic nitrogens is 2. The minimum Gasteiger partial charge on any atom is -0.384 e. The molecule has 0 amide bonds. The Bertz CT molecular complexity index is 646. The Morgan fingerprint density at radius 1 is 1.38 bits per heavy atom. The van der Waals surface area contributed by atoms with Crippen molar-refractivity contribution < 1.29 is 0 Å². The number of fused-ring (bicyclic) bond motifs is 1. The fourth-order valence-electron chi connectivity index (χ4n) is 3.77. The van der Waals surface area contributed by atoms with Crippen LogP contribution in [0.3, 0.4) is 0 Å². The van der Waals surface area contributed by atoms with Crippen molar-refractivity contribution in [2.24, 2.45) is 7.05 Å². The van der Waals surface area contributed by atoms with Crippen molar-refractivity contribution in [1.29, 1.82) is 0 Å². The summed E-state index contributed by atoms with van der Waals surface area (Å²) >= 11 is 0. The first-order chi connectivity index (χ1) is 10.3. The van der Waals surface area contributed by atoms with E-state index in [0.29, 0.717) is 6.04 Å². The lowest BCUT2D eigenvalue weighted by atomic mass is 10.1. The molecule has 1 aromatic heterocycles. The van der Waals surface area contributed by atoms with Crippen molar-refractivity contribution in [1.82, 2.24) is 14.7 Å². The molecule has 2 aromatic rings. The number of rotatable bonds is 3. The van der Waals surface area contributed by atoms with Crippen LogP contribution in [0.1, 0.15) is 35.6 Å². The van der Waals surface area contributed by atoms with E-state index in [1.807, 2.05) is 17.9 Å². The SMILES string of the molecule is Cn1cc(C2CCCN2Cc2cccc3c2NCC3)cn1. The topological polar surface area (TPSA) is 33.1 Å². The van der Waals surface area contributed by atoms with Crippen LogP contribution in [0.2, 0.25) is 0 Å². The van der Waals surface area contributed by atoms with Gasteiger partial charge in [0.25, 0.3) is 0 Å². The Labute approximate surface area is 125 Å². The summed E-state index contributed by atoms with van der Waals surface area (Å²) in [6.45, 7) is 3.30. The lowest BCUT2D eigenvalue weighted by Crippen LogP contribution is -2.23. The van der Waals surface area contributed by atoms with E-state index in [9.17, 15) is 0 Å². The summed E-state index contributed by atoms with van der Waals surface area (Å²) in [6, 6.07) is 7.25. The molecule has 0 bridgehead atoms. The van der Waals surface area contributed by atoms with Crippen molar-refractivity contribution in [3.8, 4) is 0 Å². The smallest absolute Gasteiger partial charge is 0.0537 e. The van der Waals surface area contributed by atoms with Gasteiger partial charge in [-0.1, -0.05) is 18.2 Å². The molecule has 110 valence electrons. The van der Waals surface area contributed by atoms with Crippen LogP contribution in [0.15, 0.2) is 30.6 Å². The molecule has 1 fully saturated rings.